The predicted molar refractivity (Wildman–Crippen MR) is 82.7 cm³/mol. The van der Waals surface area contributed by atoms with Crippen LogP contribution in [-0.2, 0) is 3.83 Å². The molecule has 3 aromatic rings. The van der Waals surface area contributed by atoms with Gasteiger partial charge in [-0.1, -0.05) is 0 Å². The Labute approximate surface area is 122 Å². The fourth-order valence-electron chi connectivity index (χ4n) is 2.18. The summed E-state index contributed by atoms with van der Waals surface area (Å²) >= 11 is -2.25. The first-order valence-electron chi connectivity index (χ1n) is 6.33. The number of hydrogen-bond acceptors (Lipinski definition) is 2. The summed E-state index contributed by atoms with van der Waals surface area (Å²) in [5.41, 5.74) is 0. The molecule has 1 atom stereocenters. The second-order valence-corrected chi connectivity index (χ2v) is 7.46. The van der Waals surface area contributed by atoms with Crippen LogP contribution in [-0.4, -0.2) is 20.9 Å². The molecule has 3 heteroatoms. The zero-order valence-electron chi connectivity index (χ0n) is 11.1. The van der Waals surface area contributed by atoms with Gasteiger partial charge in [0.15, 0.2) is 0 Å². The molecule has 1 unspecified atom stereocenters. The van der Waals surface area contributed by atoms with E-state index in [2.05, 4.69) is 0 Å². The fourth-order valence-corrected chi connectivity index (χ4v) is 4.75. The minimum absolute atomic E-state index is 0.783. The molecule has 0 saturated heterocycles. The van der Waals surface area contributed by atoms with Crippen LogP contribution in [0.3, 0.4) is 0 Å². The van der Waals surface area contributed by atoms with E-state index < -0.39 is 13.8 Å². The van der Waals surface area contributed by atoms with Crippen LogP contribution in [0.15, 0.2) is 66.7 Å². The molecule has 0 bridgehead atoms. The average Bonchev–Trinajstić information content (AvgIpc) is 2.54. The van der Waals surface area contributed by atoms with Crippen molar-refractivity contribution in [1.82, 2.24) is 0 Å². The van der Waals surface area contributed by atoms with Gasteiger partial charge in [0.25, 0.3) is 0 Å². The molecule has 0 N–H and O–H groups in total. The van der Waals surface area contributed by atoms with E-state index in [4.69, 9.17) is 4.74 Å². The van der Waals surface area contributed by atoms with Gasteiger partial charge in [0.05, 0.1) is 0 Å². The summed E-state index contributed by atoms with van der Waals surface area (Å²) in [6.07, 6.45) is 0. The molecule has 0 amide bonds. The van der Waals surface area contributed by atoms with Gasteiger partial charge in [-0.05, 0) is 0 Å². The predicted octanol–water partition coefficient (Wildman–Crippen LogP) is 2.38. The molecule has 0 heterocycles. The van der Waals surface area contributed by atoms with Crippen LogP contribution in [0, 0.1) is 0 Å². The molecule has 3 rings (SSSR count). The molecule has 0 radical (unpaired) electrons. The molecular formula is C17H14O2Se. The summed E-state index contributed by atoms with van der Waals surface area (Å²) in [5.74, 6) is 0.783. The molecule has 0 spiro atoms. The van der Waals surface area contributed by atoms with Crippen molar-refractivity contribution in [2.75, 3.05) is 7.11 Å². The van der Waals surface area contributed by atoms with Gasteiger partial charge in [-0.2, -0.15) is 0 Å². The number of rotatable bonds is 3. The van der Waals surface area contributed by atoms with Crippen molar-refractivity contribution in [2.45, 2.75) is 0 Å². The van der Waals surface area contributed by atoms with E-state index in [0.29, 0.717) is 0 Å². The van der Waals surface area contributed by atoms with Gasteiger partial charge in [0, 0.05) is 0 Å². The van der Waals surface area contributed by atoms with E-state index in [9.17, 15) is 3.83 Å². The summed E-state index contributed by atoms with van der Waals surface area (Å²) in [6, 6.07) is 21.5. The minimum atomic E-state index is -2.25. The van der Waals surface area contributed by atoms with Crippen molar-refractivity contribution in [3.8, 4) is 5.75 Å². The molecule has 0 fully saturated rings. The van der Waals surface area contributed by atoms with Crippen LogP contribution in [0.25, 0.3) is 10.8 Å². The van der Waals surface area contributed by atoms with Crippen molar-refractivity contribution in [3.63, 3.8) is 0 Å². The molecular weight excluding hydrogens is 315 g/mol. The molecule has 100 valence electrons. The van der Waals surface area contributed by atoms with Gasteiger partial charge in [-0.3, -0.25) is 0 Å². The van der Waals surface area contributed by atoms with Gasteiger partial charge < -0.3 is 0 Å². The third-order valence-electron chi connectivity index (χ3n) is 3.22. The first kappa shape index (κ1) is 13.0. The van der Waals surface area contributed by atoms with Crippen molar-refractivity contribution in [3.05, 3.63) is 66.7 Å². The number of hydrogen-bond donors (Lipinski definition) is 0. The van der Waals surface area contributed by atoms with Crippen LogP contribution in [0.2, 0.25) is 0 Å². The molecule has 0 aromatic heterocycles. The second-order valence-electron chi connectivity index (χ2n) is 4.42. The Balaban J connectivity index is 2.07. The Morgan fingerprint density at radius 2 is 1.55 bits per heavy atom. The van der Waals surface area contributed by atoms with Crippen LogP contribution in [0.1, 0.15) is 0 Å². The quantitative estimate of drug-likeness (QED) is 0.690. The molecule has 0 aliphatic heterocycles. The van der Waals surface area contributed by atoms with Crippen LogP contribution in [0.5, 0.6) is 5.75 Å². The van der Waals surface area contributed by atoms with Gasteiger partial charge in [0.2, 0.25) is 0 Å². The second kappa shape index (κ2) is 5.58. The summed E-state index contributed by atoms with van der Waals surface area (Å²) in [7, 11) is 1.63. The summed E-state index contributed by atoms with van der Waals surface area (Å²) in [5, 5.41) is 2.20. The Hall–Kier alpha value is -1.96. The summed E-state index contributed by atoms with van der Waals surface area (Å²) < 4.78 is 19.8. The molecule has 20 heavy (non-hydrogen) atoms. The number of methoxy groups -OCH3 is 1. The number of ether oxygens (including phenoxy) is 1. The van der Waals surface area contributed by atoms with E-state index in [1.165, 1.54) is 0 Å². The van der Waals surface area contributed by atoms with Gasteiger partial charge in [-0.25, -0.2) is 0 Å². The summed E-state index contributed by atoms with van der Waals surface area (Å²) in [6.45, 7) is 0. The van der Waals surface area contributed by atoms with E-state index in [-0.39, 0.29) is 0 Å². The van der Waals surface area contributed by atoms with Crippen LogP contribution < -0.4 is 13.7 Å². The number of benzene rings is 3. The van der Waals surface area contributed by atoms with Crippen LogP contribution >= 0.6 is 0 Å². The molecule has 3 aromatic carbocycles. The average molecular weight is 329 g/mol. The van der Waals surface area contributed by atoms with E-state index in [1.807, 2.05) is 66.7 Å². The molecule has 0 saturated carbocycles. The molecule has 2 nitrogen and oxygen atoms in total. The van der Waals surface area contributed by atoms with E-state index in [0.717, 1.165) is 25.4 Å². The Bertz CT molecular complexity index is 758. The third kappa shape index (κ3) is 2.38. The van der Waals surface area contributed by atoms with E-state index in [1.54, 1.807) is 7.11 Å². The Morgan fingerprint density at radius 1 is 0.850 bits per heavy atom. The maximum absolute atomic E-state index is 12.8. The SMILES string of the molecule is COc1ccc([Se](=O)c2cccc3ccccc23)cc1. The Kier molecular flexibility index (Phi) is 3.64. The third-order valence-corrected chi connectivity index (χ3v) is 6.28. The zero-order chi connectivity index (χ0) is 13.9. The normalized spacial score (nSPS) is 12.2. The first-order valence-corrected chi connectivity index (χ1v) is 8.74. The maximum atomic E-state index is 12.8. The van der Waals surface area contributed by atoms with Gasteiger partial charge in [-0.15, -0.1) is 0 Å². The molecule has 0 aliphatic carbocycles. The van der Waals surface area contributed by atoms with Crippen molar-refractivity contribution < 1.29 is 8.57 Å². The van der Waals surface area contributed by atoms with Crippen molar-refractivity contribution >= 4 is 33.5 Å². The monoisotopic (exact) mass is 330 g/mol. The molecule has 0 aliphatic rings. The zero-order valence-corrected chi connectivity index (χ0v) is 12.8. The van der Waals surface area contributed by atoms with Crippen molar-refractivity contribution in [2.24, 2.45) is 0 Å². The van der Waals surface area contributed by atoms with Gasteiger partial charge in [0.1, 0.15) is 0 Å². The van der Waals surface area contributed by atoms with Crippen molar-refractivity contribution in [1.29, 1.82) is 0 Å². The number of fused-ring (bicyclic) bond motifs is 1. The van der Waals surface area contributed by atoms with E-state index >= 15 is 0 Å². The van der Waals surface area contributed by atoms with Crippen LogP contribution in [0.4, 0.5) is 0 Å². The standard InChI is InChI=1S/C17H14O2Se/c1-19-14-9-11-15(12-10-14)20(18)17-8-4-6-13-5-2-3-7-16(13)17/h2-12H,1H3. The fraction of sp³-hybridized carbons (Fsp3) is 0.0588. The summed E-state index contributed by atoms with van der Waals surface area (Å²) in [4.78, 5) is 0. The topological polar surface area (TPSA) is 26.3 Å². The first-order chi connectivity index (χ1) is 9.79. The Morgan fingerprint density at radius 3 is 2.30 bits per heavy atom. The van der Waals surface area contributed by atoms with Gasteiger partial charge >= 0.3 is 122 Å².